The lowest BCUT2D eigenvalue weighted by Crippen LogP contribution is -2.33. The summed E-state index contributed by atoms with van der Waals surface area (Å²) in [4.78, 5) is 17.0. The molecule has 2 aromatic heterocycles. The third-order valence-electron chi connectivity index (χ3n) is 4.26. The van der Waals surface area contributed by atoms with Gasteiger partial charge in [0, 0.05) is 18.1 Å². The van der Waals surface area contributed by atoms with Gasteiger partial charge in [-0.1, -0.05) is 23.4 Å². The van der Waals surface area contributed by atoms with Crippen LogP contribution in [0.15, 0.2) is 36.5 Å². The molecular weight excluding hydrogens is 342 g/mol. The molecule has 25 heavy (non-hydrogen) atoms. The number of carbonyl (C=O) groups excluding carboxylic acids is 1. The minimum atomic E-state index is -3.55. The molecule has 0 atom stereocenters. The minimum Gasteiger partial charge on any atom is -0.266 e. The second-order valence-electron chi connectivity index (χ2n) is 5.83. The third-order valence-corrected chi connectivity index (χ3v) is 6.09. The maximum atomic E-state index is 12.6. The van der Waals surface area contributed by atoms with E-state index in [1.807, 2.05) is 30.3 Å². The summed E-state index contributed by atoms with van der Waals surface area (Å²) >= 11 is 0. The number of amides is 1. The number of pyridine rings is 1. The van der Waals surface area contributed by atoms with Crippen LogP contribution in [0.2, 0.25) is 0 Å². The number of carbonyl (C=O) groups is 1. The van der Waals surface area contributed by atoms with Crippen molar-refractivity contribution in [1.82, 2.24) is 24.3 Å². The first-order valence-electron chi connectivity index (χ1n) is 7.80. The molecule has 0 saturated carbocycles. The number of sulfonamides is 1. The average Bonchev–Trinajstić information content (AvgIpc) is 3.16. The second kappa shape index (κ2) is 5.62. The van der Waals surface area contributed by atoms with E-state index in [1.54, 1.807) is 13.1 Å². The van der Waals surface area contributed by atoms with Gasteiger partial charge in [-0.2, -0.15) is 0 Å². The minimum absolute atomic E-state index is 0.0147. The van der Waals surface area contributed by atoms with Crippen molar-refractivity contribution < 1.29 is 13.2 Å². The molecule has 1 aliphatic heterocycles. The lowest BCUT2D eigenvalue weighted by atomic mass is 10.2. The Bertz CT molecular complexity index is 1080. The zero-order valence-corrected chi connectivity index (χ0v) is 14.3. The number of hydrogen-bond donors (Lipinski definition) is 0. The first-order valence-corrected chi connectivity index (χ1v) is 9.41. The van der Waals surface area contributed by atoms with Crippen LogP contribution in [0.25, 0.3) is 16.6 Å². The summed E-state index contributed by atoms with van der Waals surface area (Å²) in [5.74, 6) is -0.645. The zero-order chi connectivity index (χ0) is 17.6. The Kier molecular flexibility index (Phi) is 3.53. The fourth-order valence-electron chi connectivity index (χ4n) is 3.00. The van der Waals surface area contributed by atoms with Gasteiger partial charge < -0.3 is 0 Å². The number of rotatable bonds is 2. The van der Waals surface area contributed by atoms with E-state index in [-0.39, 0.29) is 18.0 Å². The van der Waals surface area contributed by atoms with E-state index in [0.717, 1.165) is 15.2 Å². The summed E-state index contributed by atoms with van der Waals surface area (Å²) in [7, 11) is -3.55. The molecule has 0 radical (unpaired) electrons. The molecular formula is C16H15N5O3S. The third kappa shape index (κ3) is 2.47. The first-order chi connectivity index (χ1) is 12.0. The van der Waals surface area contributed by atoms with Crippen LogP contribution in [0.4, 0.5) is 0 Å². The molecule has 1 amide bonds. The molecule has 1 aromatic carbocycles. The van der Waals surface area contributed by atoms with E-state index in [1.165, 1.54) is 4.68 Å². The van der Waals surface area contributed by atoms with Gasteiger partial charge in [-0.3, -0.25) is 9.78 Å². The average molecular weight is 357 g/mol. The summed E-state index contributed by atoms with van der Waals surface area (Å²) in [6.45, 7) is 1.88. The normalized spacial score (nSPS) is 16.4. The Hall–Kier alpha value is -2.81. The highest BCUT2D eigenvalue weighted by Crippen LogP contribution is 2.23. The number of benzene rings is 1. The van der Waals surface area contributed by atoms with Gasteiger partial charge in [0.1, 0.15) is 0 Å². The van der Waals surface area contributed by atoms with E-state index in [2.05, 4.69) is 15.3 Å². The lowest BCUT2D eigenvalue weighted by Gasteiger charge is -2.13. The van der Waals surface area contributed by atoms with Crippen LogP contribution in [0.5, 0.6) is 0 Å². The number of nitrogens with zero attached hydrogens (tertiary/aromatic N) is 5. The molecule has 3 aromatic rings. The number of fused-ring (bicyclic) bond motifs is 1. The van der Waals surface area contributed by atoms with Crippen molar-refractivity contribution in [3.05, 3.63) is 47.9 Å². The molecule has 1 saturated heterocycles. The van der Waals surface area contributed by atoms with E-state index >= 15 is 0 Å². The Labute approximate surface area is 144 Å². The summed E-state index contributed by atoms with van der Waals surface area (Å²) in [5, 5.41) is 8.93. The van der Waals surface area contributed by atoms with Gasteiger partial charge in [0.25, 0.3) is 5.91 Å². The zero-order valence-electron chi connectivity index (χ0n) is 13.5. The van der Waals surface area contributed by atoms with Crippen LogP contribution in [0.1, 0.15) is 22.6 Å². The molecule has 9 heteroatoms. The predicted molar refractivity (Wildman–Crippen MR) is 90.8 cm³/mol. The van der Waals surface area contributed by atoms with Crippen LogP contribution in [0.3, 0.4) is 0 Å². The maximum absolute atomic E-state index is 12.6. The van der Waals surface area contributed by atoms with Crippen LogP contribution in [-0.2, 0) is 10.0 Å². The van der Waals surface area contributed by atoms with E-state index in [4.69, 9.17) is 0 Å². The van der Waals surface area contributed by atoms with Crippen LogP contribution < -0.4 is 0 Å². The van der Waals surface area contributed by atoms with Gasteiger partial charge in [0.2, 0.25) is 10.0 Å². The Morgan fingerprint density at radius 2 is 2.00 bits per heavy atom. The van der Waals surface area contributed by atoms with Gasteiger partial charge >= 0.3 is 0 Å². The van der Waals surface area contributed by atoms with Crippen LogP contribution >= 0.6 is 0 Å². The largest absolute Gasteiger partial charge is 0.289 e. The van der Waals surface area contributed by atoms with Crippen molar-refractivity contribution in [1.29, 1.82) is 0 Å². The summed E-state index contributed by atoms with van der Waals surface area (Å²) < 4.78 is 26.4. The van der Waals surface area contributed by atoms with Crippen molar-refractivity contribution in [2.45, 2.75) is 13.3 Å². The summed E-state index contributed by atoms with van der Waals surface area (Å²) in [5.41, 5.74) is 1.93. The van der Waals surface area contributed by atoms with Gasteiger partial charge in [-0.25, -0.2) is 17.4 Å². The smallest absolute Gasteiger partial charge is 0.266 e. The SMILES string of the molecule is Cc1c(C(=O)N2CCCS2(=O)=O)nnn1-c1cccc2cccnc12. The quantitative estimate of drug-likeness (QED) is 0.686. The monoisotopic (exact) mass is 357 g/mol. The predicted octanol–water partition coefficient (Wildman–Crippen LogP) is 1.30. The van der Waals surface area contributed by atoms with E-state index in [9.17, 15) is 13.2 Å². The van der Waals surface area contributed by atoms with E-state index in [0.29, 0.717) is 17.8 Å². The molecule has 0 aliphatic carbocycles. The molecule has 4 rings (SSSR count). The number of para-hydroxylation sites is 1. The summed E-state index contributed by atoms with van der Waals surface area (Å²) in [6, 6.07) is 9.40. The number of aromatic nitrogens is 4. The fourth-order valence-corrected chi connectivity index (χ4v) is 4.46. The van der Waals surface area contributed by atoms with Crippen molar-refractivity contribution in [2.75, 3.05) is 12.3 Å². The van der Waals surface area contributed by atoms with E-state index < -0.39 is 15.9 Å². The highest BCUT2D eigenvalue weighted by Gasteiger charge is 2.35. The lowest BCUT2D eigenvalue weighted by molar-refractivity contribution is 0.0863. The van der Waals surface area contributed by atoms with Crippen molar-refractivity contribution >= 4 is 26.8 Å². The molecule has 3 heterocycles. The van der Waals surface area contributed by atoms with Crippen LogP contribution in [-0.4, -0.2) is 50.9 Å². The molecule has 0 bridgehead atoms. The molecule has 1 aliphatic rings. The molecule has 0 unspecified atom stereocenters. The first kappa shape index (κ1) is 15.7. The summed E-state index contributed by atoms with van der Waals surface area (Å²) in [6.07, 6.45) is 2.12. The maximum Gasteiger partial charge on any atom is 0.289 e. The molecule has 128 valence electrons. The van der Waals surface area contributed by atoms with Gasteiger partial charge in [-0.05, 0) is 25.5 Å². The van der Waals surface area contributed by atoms with Gasteiger partial charge in [0.15, 0.2) is 5.69 Å². The molecule has 0 N–H and O–H groups in total. The fraction of sp³-hybridized carbons (Fsp3) is 0.250. The van der Waals surface area contributed by atoms with Crippen molar-refractivity contribution in [2.24, 2.45) is 0 Å². The highest BCUT2D eigenvalue weighted by molar-refractivity contribution is 7.89. The second-order valence-corrected chi connectivity index (χ2v) is 7.85. The molecule has 0 spiro atoms. The van der Waals surface area contributed by atoms with Crippen molar-refractivity contribution in [3.63, 3.8) is 0 Å². The van der Waals surface area contributed by atoms with Gasteiger partial charge in [-0.15, -0.1) is 5.10 Å². The van der Waals surface area contributed by atoms with Crippen LogP contribution in [0, 0.1) is 6.92 Å². The molecule has 1 fully saturated rings. The Balaban J connectivity index is 1.81. The topological polar surface area (TPSA) is 98.0 Å². The Morgan fingerprint density at radius 3 is 2.76 bits per heavy atom. The standard InChI is InChI=1S/C16H15N5O3S/c1-11-14(16(22)20-9-4-10-25(20,23)24)18-19-21(11)13-7-2-5-12-6-3-8-17-15(12)13/h2-3,5-8H,4,9-10H2,1H3. The van der Waals surface area contributed by atoms with Crippen molar-refractivity contribution in [3.8, 4) is 5.69 Å². The Morgan fingerprint density at radius 1 is 1.20 bits per heavy atom. The number of hydrogen-bond acceptors (Lipinski definition) is 6. The molecule has 8 nitrogen and oxygen atoms in total. The van der Waals surface area contributed by atoms with Gasteiger partial charge in [0.05, 0.1) is 22.7 Å². The highest BCUT2D eigenvalue weighted by atomic mass is 32.2.